The van der Waals surface area contributed by atoms with E-state index in [1.54, 1.807) is 11.8 Å². The van der Waals surface area contributed by atoms with E-state index >= 15 is 0 Å². The first-order valence-electron chi connectivity index (χ1n) is 11.9. The molecular weight excluding hydrogens is 440 g/mol. The number of hydrogen-bond donors (Lipinski definition) is 1. The lowest BCUT2D eigenvalue weighted by molar-refractivity contribution is -0.132. The van der Waals surface area contributed by atoms with Gasteiger partial charge in [-0.2, -0.15) is 0 Å². The summed E-state index contributed by atoms with van der Waals surface area (Å²) in [5, 5.41) is 3.08. The summed E-state index contributed by atoms with van der Waals surface area (Å²) >= 11 is 1.69. The first kappa shape index (κ1) is 22.7. The molecular formula is C29H30N2O2S. The van der Waals surface area contributed by atoms with Gasteiger partial charge in [-0.25, -0.2) is 0 Å². The van der Waals surface area contributed by atoms with E-state index in [-0.39, 0.29) is 23.1 Å². The highest BCUT2D eigenvalue weighted by Crippen LogP contribution is 2.59. The Morgan fingerprint density at radius 2 is 1.56 bits per heavy atom. The minimum absolute atomic E-state index is 0.0653. The molecule has 2 amide bonds. The normalized spacial score (nSPS) is 18.5. The maximum absolute atomic E-state index is 12.9. The van der Waals surface area contributed by atoms with Gasteiger partial charge in [-0.1, -0.05) is 54.6 Å². The number of anilines is 1. The molecule has 4 nitrogen and oxygen atoms in total. The minimum atomic E-state index is 0.0653. The molecule has 1 atom stereocenters. The Labute approximate surface area is 205 Å². The molecule has 3 aromatic carbocycles. The fraction of sp³-hybridized carbons (Fsp3) is 0.310. The van der Waals surface area contributed by atoms with Gasteiger partial charge < -0.3 is 10.2 Å². The van der Waals surface area contributed by atoms with Crippen molar-refractivity contribution < 1.29 is 9.59 Å². The standard InChI is InChI=1S/C29H30N2O2S/c1-34-25-13-11-24(12-14-25)30-28(33)26-20-29(26)15-17-31(18-16-29)27(32)19-21-7-9-23(10-8-21)22-5-3-2-4-6-22/h2-14,26H,15-20H2,1H3,(H,30,33). The molecule has 1 aliphatic heterocycles. The highest BCUT2D eigenvalue weighted by Gasteiger charge is 2.58. The van der Waals surface area contributed by atoms with Gasteiger partial charge in [0.15, 0.2) is 0 Å². The van der Waals surface area contributed by atoms with Crippen molar-refractivity contribution in [2.24, 2.45) is 11.3 Å². The molecule has 5 heteroatoms. The maximum Gasteiger partial charge on any atom is 0.228 e. The maximum atomic E-state index is 12.9. The van der Waals surface area contributed by atoms with Crippen molar-refractivity contribution in [1.82, 2.24) is 4.90 Å². The number of rotatable bonds is 6. The molecule has 1 saturated heterocycles. The van der Waals surface area contributed by atoms with Gasteiger partial charge in [0, 0.05) is 29.6 Å². The number of nitrogens with zero attached hydrogens (tertiary/aromatic N) is 1. The number of piperidine rings is 1. The Morgan fingerprint density at radius 3 is 2.21 bits per heavy atom. The van der Waals surface area contributed by atoms with Crippen LogP contribution >= 0.6 is 11.8 Å². The van der Waals surface area contributed by atoms with Crippen molar-refractivity contribution in [2.45, 2.75) is 30.6 Å². The molecule has 1 N–H and O–H groups in total. The lowest BCUT2D eigenvalue weighted by Gasteiger charge is -2.33. The van der Waals surface area contributed by atoms with E-state index < -0.39 is 0 Å². The second kappa shape index (κ2) is 9.67. The van der Waals surface area contributed by atoms with Gasteiger partial charge in [0.2, 0.25) is 11.8 Å². The highest BCUT2D eigenvalue weighted by atomic mass is 32.2. The quantitative estimate of drug-likeness (QED) is 0.457. The number of benzene rings is 3. The number of amides is 2. The van der Waals surface area contributed by atoms with Gasteiger partial charge in [-0.15, -0.1) is 11.8 Å². The summed E-state index contributed by atoms with van der Waals surface area (Å²) in [6, 6.07) is 26.5. The zero-order valence-corrected chi connectivity index (χ0v) is 20.3. The van der Waals surface area contributed by atoms with Crippen LogP contribution in [0.25, 0.3) is 11.1 Å². The monoisotopic (exact) mass is 470 g/mol. The molecule has 5 rings (SSSR count). The number of thioether (sulfide) groups is 1. The van der Waals surface area contributed by atoms with Gasteiger partial charge in [0.05, 0.1) is 6.42 Å². The Bertz CT molecular complexity index is 1150. The zero-order chi connectivity index (χ0) is 23.5. The Morgan fingerprint density at radius 1 is 0.912 bits per heavy atom. The Balaban J connectivity index is 1.11. The first-order valence-corrected chi connectivity index (χ1v) is 13.2. The average molecular weight is 471 g/mol. The number of hydrogen-bond acceptors (Lipinski definition) is 3. The molecule has 1 aliphatic carbocycles. The van der Waals surface area contributed by atoms with E-state index in [0.717, 1.165) is 49.2 Å². The van der Waals surface area contributed by atoms with Crippen LogP contribution in [0.15, 0.2) is 83.8 Å². The third-order valence-electron chi connectivity index (χ3n) is 7.39. The van der Waals surface area contributed by atoms with Gasteiger partial charge in [-0.3, -0.25) is 9.59 Å². The molecule has 174 valence electrons. The predicted molar refractivity (Wildman–Crippen MR) is 139 cm³/mol. The summed E-state index contributed by atoms with van der Waals surface area (Å²) in [5.74, 6) is 0.364. The number of nitrogens with one attached hydrogen (secondary N) is 1. The molecule has 3 aromatic rings. The SMILES string of the molecule is CSc1ccc(NC(=O)C2CC23CCN(C(=O)Cc2ccc(-c4ccccc4)cc2)CC3)cc1. The second-order valence-corrected chi connectivity index (χ2v) is 10.3. The van der Waals surface area contributed by atoms with Crippen LogP contribution < -0.4 is 5.32 Å². The molecule has 1 unspecified atom stereocenters. The van der Waals surface area contributed by atoms with Crippen molar-refractivity contribution in [3.63, 3.8) is 0 Å². The first-order chi connectivity index (χ1) is 16.6. The van der Waals surface area contributed by atoms with Gasteiger partial charge in [0.25, 0.3) is 0 Å². The van der Waals surface area contributed by atoms with Crippen LogP contribution in [0.1, 0.15) is 24.8 Å². The molecule has 0 aromatic heterocycles. The molecule has 2 aliphatic rings. The van der Waals surface area contributed by atoms with Crippen molar-refractivity contribution >= 4 is 29.3 Å². The van der Waals surface area contributed by atoms with Crippen molar-refractivity contribution in [1.29, 1.82) is 0 Å². The van der Waals surface area contributed by atoms with Crippen molar-refractivity contribution in [3.8, 4) is 11.1 Å². The minimum Gasteiger partial charge on any atom is -0.342 e. The third kappa shape index (κ3) is 4.90. The van der Waals surface area contributed by atoms with E-state index in [2.05, 4.69) is 41.7 Å². The van der Waals surface area contributed by atoms with Gasteiger partial charge >= 0.3 is 0 Å². The molecule has 34 heavy (non-hydrogen) atoms. The summed E-state index contributed by atoms with van der Waals surface area (Å²) in [7, 11) is 0. The molecule has 0 bridgehead atoms. The topological polar surface area (TPSA) is 49.4 Å². The fourth-order valence-corrected chi connectivity index (χ4v) is 5.52. The van der Waals surface area contributed by atoms with Crippen LogP contribution in [-0.4, -0.2) is 36.1 Å². The summed E-state index contributed by atoms with van der Waals surface area (Å²) in [6.07, 6.45) is 5.23. The summed E-state index contributed by atoms with van der Waals surface area (Å²) in [4.78, 5) is 28.9. The lowest BCUT2D eigenvalue weighted by atomic mass is 9.90. The van der Waals surface area contributed by atoms with E-state index in [9.17, 15) is 9.59 Å². The molecule has 1 heterocycles. The number of carbonyl (C=O) groups is 2. The second-order valence-electron chi connectivity index (χ2n) is 9.46. The fourth-order valence-electron chi connectivity index (χ4n) is 5.11. The van der Waals surface area contributed by atoms with E-state index in [0.29, 0.717) is 6.42 Å². The molecule has 1 spiro atoms. The van der Waals surface area contributed by atoms with Gasteiger partial charge in [-0.05, 0) is 71.9 Å². The van der Waals surface area contributed by atoms with Gasteiger partial charge in [0.1, 0.15) is 0 Å². The van der Waals surface area contributed by atoms with Crippen LogP contribution in [0.2, 0.25) is 0 Å². The van der Waals surface area contributed by atoms with Crippen LogP contribution in [0, 0.1) is 11.3 Å². The summed E-state index contributed by atoms with van der Waals surface area (Å²) in [5.41, 5.74) is 4.32. The van der Waals surface area contributed by atoms with E-state index in [1.807, 2.05) is 53.6 Å². The van der Waals surface area contributed by atoms with E-state index in [4.69, 9.17) is 0 Å². The van der Waals surface area contributed by atoms with Crippen LogP contribution in [0.5, 0.6) is 0 Å². The third-order valence-corrected chi connectivity index (χ3v) is 8.14. The summed E-state index contributed by atoms with van der Waals surface area (Å²) in [6.45, 7) is 1.49. The largest absolute Gasteiger partial charge is 0.342 e. The number of likely N-dealkylation sites (tertiary alicyclic amines) is 1. The molecule has 2 fully saturated rings. The predicted octanol–water partition coefficient (Wildman–Crippen LogP) is 5.89. The Hall–Kier alpha value is -3.05. The zero-order valence-electron chi connectivity index (χ0n) is 19.5. The summed E-state index contributed by atoms with van der Waals surface area (Å²) < 4.78 is 0. The van der Waals surface area contributed by atoms with E-state index in [1.165, 1.54) is 10.5 Å². The lowest BCUT2D eigenvalue weighted by Crippen LogP contribution is -2.41. The number of carbonyl (C=O) groups excluding carboxylic acids is 2. The van der Waals surface area contributed by atoms with Crippen molar-refractivity contribution in [3.05, 3.63) is 84.4 Å². The van der Waals surface area contributed by atoms with Crippen molar-refractivity contribution in [2.75, 3.05) is 24.7 Å². The molecule has 1 saturated carbocycles. The van der Waals surface area contributed by atoms with Crippen LogP contribution in [-0.2, 0) is 16.0 Å². The average Bonchev–Trinajstić information content (AvgIpc) is 3.59. The highest BCUT2D eigenvalue weighted by molar-refractivity contribution is 7.98. The Kier molecular flexibility index (Phi) is 6.46. The van der Waals surface area contributed by atoms with Crippen LogP contribution in [0.4, 0.5) is 5.69 Å². The van der Waals surface area contributed by atoms with Crippen LogP contribution in [0.3, 0.4) is 0 Å². The smallest absolute Gasteiger partial charge is 0.228 e. The molecule has 0 radical (unpaired) electrons.